The Kier molecular flexibility index (Phi) is 4.05. The summed E-state index contributed by atoms with van der Waals surface area (Å²) in [5, 5.41) is 9.99. The van der Waals surface area contributed by atoms with Crippen molar-refractivity contribution in [2.45, 2.75) is 19.4 Å². The van der Waals surface area contributed by atoms with Crippen molar-refractivity contribution in [3.8, 4) is 5.75 Å². The van der Waals surface area contributed by atoms with Crippen LogP contribution in [0.5, 0.6) is 5.75 Å². The Balaban J connectivity index is 3.16. The maximum Gasteiger partial charge on any atom is 0.142 e. The fraction of sp³-hybridized carbons (Fsp3) is 0.500. The van der Waals surface area contributed by atoms with E-state index in [0.717, 1.165) is 11.4 Å². The molecule has 3 nitrogen and oxygen atoms in total. The van der Waals surface area contributed by atoms with Crippen molar-refractivity contribution in [2.24, 2.45) is 0 Å². The smallest absolute Gasteiger partial charge is 0.142 e. The number of ether oxygens (including phenoxy) is 1. The Bertz CT molecular complexity index is 366. The topological polar surface area (TPSA) is 32.7 Å². The second-order valence-electron chi connectivity index (χ2n) is 4.35. The van der Waals surface area contributed by atoms with Crippen LogP contribution in [-0.2, 0) is 0 Å². The van der Waals surface area contributed by atoms with Gasteiger partial charge in [-0.1, -0.05) is 11.6 Å². The molecule has 0 radical (unpaired) electrons. The number of halogens is 1. The standard InChI is InChI=1S/C12H18ClNO2/c1-12(2,8-15)14(3)10-7-9(13)5-6-11(10)16-4/h5-7,15H,8H2,1-4H3. The number of hydrogen-bond donors (Lipinski definition) is 1. The van der Waals surface area contributed by atoms with Crippen LogP contribution in [0.2, 0.25) is 5.02 Å². The Hall–Kier alpha value is -0.930. The summed E-state index contributed by atoms with van der Waals surface area (Å²) in [6, 6.07) is 5.43. The molecule has 0 amide bonds. The Morgan fingerprint density at radius 2 is 2.06 bits per heavy atom. The summed E-state index contributed by atoms with van der Waals surface area (Å²) >= 11 is 5.97. The van der Waals surface area contributed by atoms with E-state index in [1.165, 1.54) is 0 Å². The van der Waals surface area contributed by atoms with Crippen LogP contribution in [0.25, 0.3) is 0 Å². The molecular weight excluding hydrogens is 226 g/mol. The third-order valence-electron chi connectivity index (χ3n) is 2.80. The number of anilines is 1. The van der Waals surface area contributed by atoms with Crippen LogP contribution >= 0.6 is 11.6 Å². The molecule has 0 atom stereocenters. The molecule has 90 valence electrons. The van der Waals surface area contributed by atoms with E-state index >= 15 is 0 Å². The maximum absolute atomic E-state index is 9.34. The van der Waals surface area contributed by atoms with Gasteiger partial charge in [-0.15, -0.1) is 0 Å². The minimum atomic E-state index is -0.363. The lowest BCUT2D eigenvalue weighted by Crippen LogP contribution is -2.44. The van der Waals surface area contributed by atoms with Crippen LogP contribution in [0.15, 0.2) is 18.2 Å². The van der Waals surface area contributed by atoms with E-state index in [9.17, 15) is 5.11 Å². The van der Waals surface area contributed by atoms with Crippen molar-refractivity contribution in [1.29, 1.82) is 0 Å². The summed E-state index contributed by atoms with van der Waals surface area (Å²) in [5.74, 6) is 0.744. The zero-order valence-corrected chi connectivity index (χ0v) is 10.9. The van der Waals surface area contributed by atoms with Gasteiger partial charge in [0, 0.05) is 12.1 Å². The predicted octanol–water partition coefficient (Wildman–Crippen LogP) is 2.56. The zero-order valence-electron chi connectivity index (χ0n) is 10.1. The molecule has 0 saturated heterocycles. The highest BCUT2D eigenvalue weighted by molar-refractivity contribution is 6.30. The highest BCUT2D eigenvalue weighted by atomic mass is 35.5. The number of nitrogens with zero attached hydrogens (tertiary/aromatic N) is 1. The maximum atomic E-state index is 9.34. The van der Waals surface area contributed by atoms with Crippen LogP contribution in [0.3, 0.4) is 0 Å². The van der Waals surface area contributed by atoms with Crippen LogP contribution in [0, 0.1) is 0 Å². The normalized spacial score (nSPS) is 11.4. The fourth-order valence-corrected chi connectivity index (χ4v) is 1.52. The van der Waals surface area contributed by atoms with Crippen LogP contribution in [0.1, 0.15) is 13.8 Å². The summed E-state index contributed by atoms with van der Waals surface area (Å²) in [5.41, 5.74) is 0.506. The predicted molar refractivity (Wildman–Crippen MR) is 67.6 cm³/mol. The van der Waals surface area contributed by atoms with E-state index in [-0.39, 0.29) is 12.1 Å². The minimum Gasteiger partial charge on any atom is -0.495 e. The Labute approximate surface area is 102 Å². The third-order valence-corrected chi connectivity index (χ3v) is 3.03. The number of likely N-dealkylation sites (N-methyl/N-ethyl adjacent to an activating group) is 1. The average molecular weight is 244 g/mol. The van der Waals surface area contributed by atoms with Gasteiger partial charge in [0.25, 0.3) is 0 Å². The van der Waals surface area contributed by atoms with Crippen molar-refractivity contribution in [3.63, 3.8) is 0 Å². The fourth-order valence-electron chi connectivity index (χ4n) is 1.36. The van der Waals surface area contributed by atoms with Crippen molar-refractivity contribution in [1.82, 2.24) is 0 Å². The molecule has 0 bridgehead atoms. The monoisotopic (exact) mass is 243 g/mol. The number of rotatable bonds is 4. The first-order valence-electron chi connectivity index (χ1n) is 5.10. The van der Waals surface area contributed by atoms with Crippen molar-refractivity contribution in [3.05, 3.63) is 23.2 Å². The molecule has 0 aromatic heterocycles. The zero-order chi connectivity index (χ0) is 12.3. The first kappa shape index (κ1) is 13.1. The number of aliphatic hydroxyl groups is 1. The molecule has 1 aromatic rings. The van der Waals surface area contributed by atoms with Gasteiger partial charge in [0.15, 0.2) is 0 Å². The van der Waals surface area contributed by atoms with Crippen molar-refractivity contribution < 1.29 is 9.84 Å². The summed E-state index contributed by atoms with van der Waals surface area (Å²) in [6.45, 7) is 3.96. The van der Waals surface area contributed by atoms with Gasteiger partial charge >= 0.3 is 0 Å². The molecule has 0 saturated carbocycles. The minimum absolute atomic E-state index is 0.0547. The quantitative estimate of drug-likeness (QED) is 0.882. The van der Waals surface area contributed by atoms with Crippen LogP contribution in [0.4, 0.5) is 5.69 Å². The lowest BCUT2D eigenvalue weighted by atomic mass is 10.0. The molecular formula is C12H18ClNO2. The largest absolute Gasteiger partial charge is 0.495 e. The average Bonchev–Trinajstić information content (AvgIpc) is 2.28. The summed E-state index contributed by atoms with van der Waals surface area (Å²) in [4.78, 5) is 1.96. The number of benzene rings is 1. The second-order valence-corrected chi connectivity index (χ2v) is 4.78. The molecule has 0 fully saturated rings. The van der Waals surface area contributed by atoms with Gasteiger partial charge in [0.1, 0.15) is 5.75 Å². The Morgan fingerprint density at radius 1 is 1.44 bits per heavy atom. The Morgan fingerprint density at radius 3 is 2.56 bits per heavy atom. The highest BCUT2D eigenvalue weighted by Crippen LogP contribution is 2.33. The first-order chi connectivity index (χ1) is 7.42. The van der Waals surface area contributed by atoms with Crippen molar-refractivity contribution in [2.75, 3.05) is 25.7 Å². The summed E-state index contributed by atoms with van der Waals surface area (Å²) in [7, 11) is 3.52. The molecule has 0 unspecified atom stereocenters. The molecule has 0 spiro atoms. The lowest BCUT2D eigenvalue weighted by Gasteiger charge is -2.36. The molecule has 0 aliphatic carbocycles. The molecule has 16 heavy (non-hydrogen) atoms. The summed E-state index contributed by atoms with van der Waals surface area (Å²) in [6.07, 6.45) is 0. The molecule has 1 aromatic carbocycles. The van der Waals surface area contributed by atoms with Gasteiger partial charge < -0.3 is 14.7 Å². The van der Waals surface area contributed by atoms with Crippen molar-refractivity contribution >= 4 is 17.3 Å². The number of methoxy groups -OCH3 is 1. The van der Waals surface area contributed by atoms with Gasteiger partial charge in [0.05, 0.1) is 24.9 Å². The molecule has 0 aliphatic heterocycles. The van der Waals surface area contributed by atoms with E-state index in [1.807, 2.05) is 37.9 Å². The molecule has 0 heterocycles. The number of aliphatic hydroxyl groups excluding tert-OH is 1. The number of hydrogen-bond acceptors (Lipinski definition) is 3. The van der Waals surface area contributed by atoms with Crippen LogP contribution in [-0.4, -0.2) is 31.4 Å². The highest BCUT2D eigenvalue weighted by Gasteiger charge is 2.25. The van der Waals surface area contributed by atoms with E-state index < -0.39 is 0 Å². The van der Waals surface area contributed by atoms with E-state index in [1.54, 1.807) is 13.2 Å². The molecule has 1 rings (SSSR count). The van der Waals surface area contributed by atoms with E-state index in [4.69, 9.17) is 16.3 Å². The van der Waals surface area contributed by atoms with Gasteiger partial charge in [0.2, 0.25) is 0 Å². The van der Waals surface area contributed by atoms with Gasteiger partial charge in [-0.2, -0.15) is 0 Å². The molecule has 0 aliphatic rings. The van der Waals surface area contributed by atoms with Crippen LogP contribution < -0.4 is 9.64 Å². The second kappa shape index (κ2) is 4.93. The first-order valence-corrected chi connectivity index (χ1v) is 5.48. The summed E-state index contributed by atoms with van der Waals surface area (Å²) < 4.78 is 5.28. The van der Waals surface area contributed by atoms with Gasteiger partial charge in [-0.3, -0.25) is 0 Å². The van der Waals surface area contributed by atoms with E-state index in [0.29, 0.717) is 5.02 Å². The molecule has 1 N–H and O–H groups in total. The third kappa shape index (κ3) is 2.60. The lowest BCUT2D eigenvalue weighted by molar-refractivity contribution is 0.215. The molecule has 4 heteroatoms. The van der Waals surface area contributed by atoms with Gasteiger partial charge in [-0.25, -0.2) is 0 Å². The van der Waals surface area contributed by atoms with E-state index in [2.05, 4.69) is 0 Å². The van der Waals surface area contributed by atoms with Gasteiger partial charge in [-0.05, 0) is 32.0 Å². The SMILES string of the molecule is COc1ccc(Cl)cc1N(C)C(C)(C)CO.